The zero-order chi connectivity index (χ0) is 23.2. The van der Waals surface area contributed by atoms with Crippen LogP contribution in [0.25, 0.3) is 38.6 Å². The molecular weight excluding hydrogens is 431 g/mol. The fraction of sp³-hybridized carbons (Fsp3) is 0.0385. The van der Waals surface area contributed by atoms with Crippen LogP contribution in [-0.2, 0) is 0 Å². The minimum Gasteiger partial charge on any atom is -0.478 e. The maximum atomic E-state index is 12.6. The quantitative estimate of drug-likeness (QED) is 0.321. The lowest BCUT2D eigenvalue weighted by Crippen LogP contribution is -2.16. The molecule has 1 N–H and O–H groups in total. The SMILES string of the molecule is O=C(O)c1cccc(-n2c(-c3ccc(OC(F)(F)F)cc3)cc3c4ccccc4ccc32)c1. The highest BCUT2D eigenvalue weighted by atomic mass is 19.4. The second kappa shape index (κ2) is 7.70. The van der Waals surface area contributed by atoms with Crippen molar-refractivity contribution in [1.29, 1.82) is 0 Å². The third kappa shape index (κ3) is 3.89. The highest BCUT2D eigenvalue weighted by molar-refractivity contribution is 6.09. The van der Waals surface area contributed by atoms with E-state index in [1.54, 1.807) is 30.3 Å². The van der Waals surface area contributed by atoms with E-state index in [1.165, 1.54) is 18.2 Å². The molecule has 0 aliphatic rings. The lowest BCUT2D eigenvalue weighted by molar-refractivity contribution is -0.274. The van der Waals surface area contributed by atoms with Gasteiger partial charge < -0.3 is 14.4 Å². The van der Waals surface area contributed by atoms with E-state index in [1.807, 2.05) is 47.0 Å². The molecule has 0 aliphatic carbocycles. The number of nitrogens with zero attached hydrogens (tertiary/aromatic N) is 1. The molecule has 0 aliphatic heterocycles. The van der Waals surface area contributed by atoms with E-state index in [-0.39, 0.29) is 11.3 Å². The Bertz CT molecular complexity index is 1500. The molecule has 4 nitrogen and oxygen atoms in total. The van der Waals surface area contributed by atoms with Crippen LogP contribution in [0.4, 0.5) is 13.2 Å². The average Bonchev–Trinajstić information content (AvgIpc) is 3.19. The highest BCUT2D eigenvalue weighted by Crippen LogP contribution is 2.36. The number of hydrogen-bond acceptors (Lipinski definition) is 2. The smallest absolute Gasteiger partial charge is 0.478 e. The van der Waals surface area contributed by atoms with Gasteiger partial charge in [-0.2, -0.15) is 0 Å². The number of aromatic nitrogens is 1. The molecular formula is C26H16F3NO3. The van der Waals surface area contributed by atoms with Gasteiger partial charge in [-0.3, -0.25) is 0 Å². The number of ether oxygens (including phenoxy) is 1. The van der Waals surface area contributed by atoms with Gasteiger partial charge >= 0.3 is 12.3 Å². The lowest BCUT2D eigenvalue weighted by Gasteiger charge is -2.13. The van der Waals surface area contributed by atoms with Crippen LogP contribution in [-0.4, -0.2) is 22.0 Å². The van der Waals surface area contributed by atoms with Crippen molar-refractivity contribution in [2.24, 2.45) is 0 Å². The number of alkyl halides is 3. The van der Waals surface area contributed by atoms with Crippen molar-refractivity contribution in [2.75, 3.05) is 0 Å². The molecule has 7 heteroatoms. The molecule has 0 spiro atoms. The van der Waals surface area contributed by atoms with E-state index < -0.39 is 12.3 Å². The Morgan fingerprint density at radius 2 is 1.58 bits per heavy atom. The molecule has 0 unspecified atom stereocenters. The number of benzene rings is 4. The van der Waals surface area contributed by atoms with E-state index in [0.29, 0.717) is 16.9 Å². The molecule has 0 atom stereocenters. The highest BCUT2D eigenvalue weighted by Gasteiger charge is 2.31. The van der Waals surface area contributed by atoms with Gasteiger partial charge in [-0.25, -0.2) is 4.79 Å². The normalized spacial score (nSPS) is 11.7. The minimum atomic E-state index is -4.77. The van der Waals surface area contributed by atoms with Crippen LogP contribution in [0.3, 0.4) is 0 Å². The number of hydrogen-bond donors (Lipinski definition) is 1. The second-order valence-electron chi connectivity index (χ2n) is 7.51. The maximum absolute atomic E-state index is 12.6. The zero-order valence-corrected chi connectivity index (χ0v) is 17.0. The summed E-state index contributed by atoms with van der Waals surface area (Å²) in [6, 6.07) is 25.9. The molecule has 0 amide bonds. The van der Waals surface area contributed by atoms with E-state index in [4.69, 9.17) is 0 Å². The van der Waals surface area contributed by atoms with Crippen LogP contribution >= 0.6 is 0 Å². The summed E-state index contributed by atoms with van der Waals surface area (Å²) in [6.45, 7) is 0. The Morgan fingerprint density at radius 1 is 0.818 bits per heavy atom. The summed E-state index contributed by atoms with van der Waals surface area (Å²) in [6.07, 6.45) is -4.77. The molecule has 4 aromatic carbocycles. The lowest BCUT2D eigenvalue weighted by atomic mass is 10.1. The number of fused-ring (bicyclic) bond motifs is 3. The fourth-order valence-electron chi connectivity index (χ4n) is 4.06. The van der Waals surface area contributed by atoms with Gasteiger partial charge in [-0.1, -0.05) is 36.4 Å². The number of rotatable bonds is 4. The summed E-state index contributed by atoms with van der Waals surface area (Å²) in [5.74, 6) is -1.36. The van der Waals surface area contributed by atoms with Gasteiger partial charge in [0.1, 0.15) is 5.75 Å². The van der Waals surface area contributed by atoms with Gasteiger partial charge in [-0.15, -0.1) is 13.2 Å². The fourth-order valence-corrected chi connectivity index (χ4v) is 4.06. The van der Waals surface area contributed by atoms with E-state index in [2.05, 4.69) is 4.74 Å². The van der Waals surface area contributed by atoms with Gasteiger partial charge in [0.05, 0.1) is 16.8 Å². The average molecular weight is 447 g/mol. The number of halogens is 3. The van der Waals surface area contributed by atoms with Crippen LogP contribution in [0.1, 0.15) is 10.4 Å². The van der Waals surface area contributed by atoms with E-state index in [9.17, 15) is 23.1 Å². The predicted octanol–water partition coefficient (Wildman–Crippen LogP) is 7.05. The van der Waals surface area contributed by atoms with Gasteiger partial charge in [0.15, 0.2) is 0 Å². The third-order valence-electron chi connectivity index (χ3n) is 5.45. The predicted molar refractivity (Wildman–Crippen MR) is 120 cm³/mol. The molecule has 33 heavy (non-hydrogen) atoms. The van der Waals surface area contributed by atoms with Gasteiger partial charge in [0.2, 0.25) is 0 Å². The van der Waals surface area contributed by atoms with Crippen LogP contribution in [0.5, 0.6) is 5.75 Å². The van der Waals surface area contributed by atoms with Crippen LogP contribution in [0.15, 0.2) is 91.0 Å². The summed E-state index contributed by atoms with van der Waals surface area (Å²) in [5, 5.41) is 12.5. The first kappa shape index (κ1) is 20.6. The Kier molecular flexibility index (Phi) is 4.82. The summed E-state index contributed by atoms with van der Waals surface area (Å²) in [5.41, 5.74) is 2.98. The monoisotopic (exact) mass is 447 g/mol. The first-order valence-corrected chi connectivity index (χ1v) is 10.0. The van der Waals surface area contributed by atoms with Crippen molar-refractivity contribution in [2.45, 2.75) is 6.36 Å². The van der Waals surface area contributed by atoms with Gasteiger partial charge in [-0.05, 0) is 70.9 Å². The third-order valence-corrected chi connectivity index (χ3v) is 5.45. The minimum absolute atomic E-state index is 0.134. The number of carboxylic acids is 1. The molecule has 1 aromatic heterocycles. The standard InChI is InChI=1S/C26H16F3NO3/c27-26(28,29)33-20-11-8-17(9-12-20)24-15-22-21-7-2-1-4-16(21)10-13-23(22)30(24)19-6-3-5-18(14-19)25(31)32/h1-15H,(H,31,32). The Hall–Kier alpha value is -4.26. The molecule has 0 saturated carbocycles. The first-order chi connectivity index (χ1) is 15.8. The van der Waals surface area contributed by atoms with Crippen molar-refractivity contribution >= 4 is 27.6 Å². The Balaban J connectivity index is 1.75. The van der Waals surface area contributed by atoms with Crippen molar-refractivity contribution in [3.63, 3.8) is 0 Å². The molecule has 0 saturated heterocycles. The molecule has 0 radical (unpaired) electrons. The maximum Gasteiger partial charge on any atom is 0.573 e. The van der Waals surface area contributed by atoms with Crippen molar-refractivity contribution in [1.82, 2.24) is 4.57 Å². The number of carboxylic acid groups (broad SMARTS) is 1. The van der Waals surface area contributed by atoms with Crippen molar-refractivity contribution in [3.05, 3.63) is 96.6 Å². The largest absolute Gasteiger partial charge is 0.573 e. The van der Waals surface area contributed by atoms with Crippen molar-refractivity contribution < 1.29 is 27.8 Å². The van der Waals surface area contributed by atoms with Crippen LogP contribution in [0.2, 0.25) is 0 Å². The zero-order valence-electron chi connectivity index (χ0n) is 17.0. The van der Waals surface area contributed by atoms with Crippen LogP contribution in [0, 0.1) is 0 Å². The van der Waals surface area contributed by atoms with Gasteiger partial charge in [0.25, 0.3) is 0 Å². The van der Waals surface area contributed by atoms with E-state index in [0.717, 1.165) is 21.7 Å². The summed E-state index contributed by atoms with van der Waals surface area (Å²) >= 11 is 0. The topological polar surface area (TPSA) is 51.5 Å². The first-order valence-electron chi connectivity index (χ1n) is 10.0. The summed E-state index contributed by atoms with van der Waals surface area (Å²) in [7, 11) is 0. The molecule has 1 heterocycles. The van der Waals surface area contributed by atoms with E-state index >= 15 is 0 Å². The molecule has 0 bridgehead atoms. The summed E-state index contributed by atoms with van der Waals surface area (Å²) < 4.78 is 43.6. The van der Waals surface area contributed by atoms with Crippen LogP contribution < -0.4 is 4.74 Å². The number of aromatic carboxylic acids is 1. The second-order valence-corrected chi connectivity index (χ2v) is 7.51. The molecule has 5 aromatic rings. The molecule has 0 fully saturated rings. The van der Waals surface area contributed by atoms with Gasteiger partial charge in [0, 0.05) is 11.1 Å². The Labute approximate surface area is 186 Å². The summed E-state index contributed by atoms with van der Waals surface area (Å²) in [4.78, 5) is 11.6. The molecule has 164 valence electrons. The van der Waals surface area contributed by atoms with Crippen molar-refractivity contribution in [3.8, 4) is 22.7 Å². The number of carbonyl (C=O) groups is 1. The molecule has 5 rings (SSSR count). The Morgan fingerprint density at radius 3 is 2.30 bits per heavy atom.